The quantitative estimate of drug-likeness (QED) is 0.158. The molecule has 4 heteroatoms. The number of aromatic nitrogens is 3. The Balaban J connectivity index is 0.000000177. The average molecular weight is 764 g/mol. The zero-order chi connectivity index (χ0) is 30.5. The normalized spacial score (nSPS) is 10.9. The van der Waals surface area contributed by atoms with Crippen molar-refractivity contribution in [2.45, 2.75) is 40.7 Å². The summed E-state index contributed by atoms with van der Waals surface area (Å²) in [5.74, 6) is 0.599. The van der Waals surface area contributed by atoms with Crippen LogP contribution in [0.1, 0.15) is 31.9 Å². The van der Waals surface area contributed by atoms with Gasteiger partial charge in [0.1, 0.15) is 0 Å². The van der Waals surface area contributed by atoms with Gasteiger partial charge in [-0.25, -0.2) is 0 Å². The molecule has 3 heterocycles. The van der Waals surface area contributed by atoms with E-state index in [4.69, 9.17) is 0 Å². The molecule has 0 amide bonds. The average Bonchev–Trinajstić information content (AvgIpc) is 3.37. The maximum Gasteiger partial charge on any atom is 0.0391 e. The second-order valence-corrected chi connectivity index (χ2v) is 11.6. The molecule has 227 valence electrons. The Kier molecular flexibility index (Phi) is 10.4. The molecule has 0 saturated heterocycles. The van der Waals surface area contributed by atoms with Gasteiger partial charge in [0.2, 0.25) is 0 Å². The molecule has 0 aliphatic carbocycles. The summed E-state index contributed by atoms with van der Waals surface area (Å²) in [6, 6.07) is 44.4. The molecule has 45 heavy (non-hydrogen) atoms. The second-order valence-electron chi connectivity index (χ2n) is 11.6. The first kappa shape index (κ1) is 32.0. The predicted molar refractivity (Wildman–Crippen MR) is 184 cm³/mol. The molecule has 0 N–H and O–H groups in total. The zero-order valence-corrected chi connectivity index (χ0v) is 28.6. The topological polar surface area (TPSA) is 30.7 Å². The van der Waals surface area contributed by atoms with Crippen molar-refractivity contribution >= 4 is 21.8 Å². The monoisotopic (exact) mass is 764 g/mol. The molecule has 0 bridgehead atoms. The van der Waals surface area contributed by atoms with E-state index in [-0.39, 0.29) is 20.1 Å². The minimum absolute atomic E-state index is 0. The van der Waals surface area contributed by atoms with Crippen LogP contribution in [-0.4, -0.2) is 14.5 Å². The Morgan fingerprint density at radius 3 is 2.22 bits per heavy atom. The molecule has 1 radical (unpaired) electrons. The number of aryl methyl sites for hydroxylation is 2. The van der Waals surface area contributed by atoms with Crippen LogP contribution in [-0.2, 0) is 33.1 Å². The van der Waals surface area contributed by atoms with Gasteiger partial charge in [-0.3, -0.25) is 0 Å². The number of fused-ring (bicyclic) bond motifs is 3. The van der Waals surface area contributed by atoms with Gasteiger partial charge in [-0.2, -0.15) is 0 Å². The van der Waals surface area contributed by atoms with Crippen LogP contribution in [0.3, 0.4) is 0 Å². The Morgan fingerprint density at radius 1 is 0.733 bits per heavy atom. The third-order valence-corrected chi connectivity index (χ3v) is 7.88. The molecule has 0 saturated carbocycles. The number of pyridine rings is 2. The van der Waals surface area contributed by atoms with Crippen LogP contribution < -0.4 is 0 Å². The van der Waals surface area contributed by atoms with Crippen LogP contribution in [0.2, 0.25) is 0 Å². The van der Waals surface area contributed by atoms with Gasteiger partial charge in [0.15, 0.2) is 0 Å². The summed E-state index contributed by atoms with van der Waals surface area (Å²) < 4.78 is 2.42. The Hall–Kier alpha value is -4.37. The van der Waals surface area contributed by atoms with Gasteiger partial charge >= 0.3 is 0 Å². The summed E-state index contributed by atoms with van der Waals surface area (Å²) in [5, 5.41) is 2.58. The Bertz CT molecular complexity index is 2010. The number of rotatable bonds is 6. The van der Waals surface area contributed by atoms with Crippen molar-refractivity contribution in [3.05, 3.63) is 145 Å². The summed E-state index contributed by atoms with van der Waals surface area (Å²) in [7, 11) is 0. The molecular weight excluding hydrogens is 727 g/mol. The maximum atomic E-state index is 4.60. The fourth-order valence-corrected chi connectivity index (χ4v) is 5.75. The molecule has 3 aromatic heterocycles. The Labute approximate surface area is 280 Å². The fourth-order valence-electron chi connectivity index (χ4n) is 5.75. The van der Waals surface area contributed by atoms with E-state index < -0.39 is 0 Å². The first-order chi connectivity index (χ1) is 21.5. The largest absolute Gasteiger partial charge is 0.380 e. The van der Waals surface area contributed by atoms with E-state index in [9.17, 15) is 0 Å². The van der Waals surface area contributed by atoms with Crippen molar-refractivity contribution in [3.8, 4) is 33.6 Å². The molecular formula is C41H37IrN3-2. The van der Waals surface area contributed by atoms with Gasteiger partial charge in [-0.05, 0) is 64.8 Å². The van der Waals surface area contributed by atoms with Crippen molar-refractivity contribution in [3.63, 3.8) is 0 Å². The predicted octanol–water partition coefficient (Wildman–Crippen LogP) is 10.4. The zero-order valence-electron chi connectivity index (χ0n) is 26.2. The molecule has 0 aliphatic heterocycles. The SMILES string of the molecule is CCc1cc(-c2[c-]cccc2)ncc1-c1ccccc1.Cc1ccnc(-c2[c-]cc3c(c2)c2ccccc2n3CC(C)C)c1.[Ir]. The first-order valence-corrected chi connectivity index (χ1v) is 15.4. The van der Waals surface area contributed by atoms with Crippen molar-refractivity contribution in [1.29, 1.82) is 0 Å². The van der Waals surface area contributed by atoms with Gasteiger partial charge in [0.05, 0.1) is 0 Å². The molecule has 7 rings (SSSR count). The van der Waals surface area contributed by atoms with Gasteiger partial charge in [0, 0.05) is 50.1 Å². The third-order valence-electron chi connectivity index (χ3n) is 7.88. The summed E-state index contributed by atoms with van der Waals surface area (Å²) in [6.45, 7) is 9.81. The molecule has 0 fully saturated rings. The van der Waals surface area contributed by atoms with Crippen LogP contribution in [0.5, 0.6) is 0 Å². The number of hydrogen-bond donors (Lipinski definition) is 0. The van der Waals surface area contributed by atoms with Crippen LogP contribution >= 0.6 is 0 Å². The van der Waals surface area contributed by atoms with E-state index in [0.717, 1.165) is 35.5 Å². The Morgan fingerprint density at radius 2 is 1.49 bits per heavy atom. The molecule has 4 aromatic carbocycles. The van der Waals surface area contributed by atoms with E-state index in [1.54, 1.807) is 0 Å². The van der Waals surface area contributed by atoms with E-state index in [2.05, 4.69) is 127 Å². The van der Waals surface area contributed by atoms with Crippen LogP contribution in [0.4, 0.5) is 0 Å². The minimum Gasteiger partial charge on any atom is -0.380 e. The fraction of sp³-hybridized carbons (Fsp3) is 0.171. The number of para-hydroxylation sites is 1. The van der Waals surface area contributed by atoms with Crippen LogP contribution in [0.15, 0.2) is 122 Å². The maximum absolute atomic E-state index is 4.60. The summed E-state index contributed by atoms with van der Waals surface area (Å²) in [5.41, 5.74) is 11.6. The van der Waals surface area contributed by atoms with E-state index in [1.807, 2.05) is 48.8 Å². The van der Waals surface area contributed by atoms with Crippen LogP contribution in [0, 0.1) is 25.0 Å². The minimum atomic E-state index is 0. The molecule has 0 aliphatic rings. The van der Waals surface area contributed by atoms with Gasteiger partial charge < -0.3 is 14.5 Å². The standard InChI is InChI=1S/C22H21N2.C19H16N.Ir/c1-15(2)14-24-21-7-5-4-6-18(21)19-13-17(8-9-22(19)24)20-12-16(3)10-11-23-20;1-2-15-13-19(17-11-7-4-8-12-17)20-14-18(15)16-9-5-3-6-10-16;/h4-7,9-13,15H,14H2,1-3H3;3-11,13-14H,2H2,1H3;/q2*-1;. The number of nitrogens with zero attached hydrogens (tertiary/aromatic N) is 3. The molecule has 0 atom stereocenters. The van der Waals surface area contributed by atoms with Gasteiger partial charge in [-0.15, -0.1) is 59.7 Å². The number of hydrogen-bond acceptors (Lipinski definition) is 2. The smallest absolute Gasteiger partial charge is 0.0391 e. The van der Waals surface area contributed by atoms with Crippen molar-refractivity contribution in [2.24, 2.45) is 5.92 Å². The third kappa shape index (κ3) is 7.14. The molecule has 7 aromatic rings. The van der Waals surface area contributed by atoms with E-state index >= 15 is 0 Å². The summed E-state index contributed by atoms with van der Waals surface area (Å²) >= 11 is 0. The summed E-state index contributed by atoms with van der Waals surface area (Å²) in [6.07, 6.45) is 4.83. The van der Waals surface area contributed by atoms with Gasteiger partial charge in [-0.1, -0.05) is 92.4 Å². The molecule has 3 nitrogen and oxygen atoms in total. The van der Waals surface area contributed by atoms with Crippen molar-refractivity contribution < 1.29 is 20.1 Å². The second kappa shape index (κ2) is 14.6. The summed E-state index contributed by atoms with van der Waals surface area (Å²) in [4.78, 5) is 9.12. The van der Waals surface area contributed by atoms with Crippen LogP contribution in [0.25, 0.3) is 55.4 Å². The molecule has 0 spiro atoms. The van der Waals surface area contributed by atoms with E-state index in [0.29, 0.717) is 5.92 Å². The number of benzene rings is 4. The first-order valence-electron chi connectivity index (χ1n) is 15.4. The molecule has 0 unspecified atom stereocenters. The van der Waals surface area contributed by atoms with E-state index in [1.165, 1.54) is 44.1 Å². The van der Waals surface area contributed by atoms with Crippen molar-refractivity contribution in [1.82, 2.24) is 14.5 Å². The van der Waals surface area contributed by atoms with Gasteiger partial charge in [0.25, 0.3) is 0 Å². The van der Waals surface area contributed by atoms with Crippen molar-refractivity contribution in [2.75, 3.05) is 0 Å².